The molecule has 6 heteroatoms. The summed E-state index contributed by atoms with van der Waals surface area (Å²) in [4.78, 5) is 21.3. The van der Waals surface area contributed by atoms with Gasteiger partial charge in [-0.25, -0.2) is 9.59 Å². The average molecular weight is 418 g/mol. The van der Waals surface area contributed by atoms with Gasteiger partial charge in [0.25, 0.3) is 0 Å². The Hall–Kier alpha value is -2.18. The number of benzene rings is 1. The zero-order valence-electron chi connectivity index (χ0n) is 18.7. The van der Waals surface area contributed by atoms with Gasteiger partial charge >= 0.3 is 11.9 Å². The van der Waals surface area contributed by atoms with Crippen LogP contribution in [0.15, 0.2) is 42.5 Å². The number of ether oxygens (including phenoxy) is 1. The molecule has 2 aliphatic rings. The molecule has 2 aliphatic carbocycles. The first-order valence-corrected chi connectivity index (χ1v) is 10.4. The standard InChI is InChI=1S/C20H31NO.C4H4O4/c1-18(2)17-11-12-19(18,3)20(15-17,22-14-13-21(4)5)16-9-7-6-8-10-16;5-3(6)1-2-4(7)8/h6-10,17H,11-15H2,1-5H3;1-2H,(H,5,6)(H,7,8)/b;2-1+/t17-,19-,20-;/m0./s1. The van der Waals surface area contributed by atoms with Crippen molar-refractivity contribution in [3.63, 3.8) is 0 Å². The van der Waals surface area contributed by atoms with Gasteiger partial charge in [0.05, 0.1) is 12.2 Å². The topological polar surface area (TPSA) is 87.1 Å². The van der Waals surface area contributed by atoms with Crippen LogP contribution in [0.2, 0.25) is 0 Å². The molecule has 0 radical (unpaired) electrons. The Kier molecular flexibility index (Phi) is 7.48. The van der Waals surface area contributed by atoms with Crippen LogP contribution in [0.4, 0.5) is 0 Å². The molecular formula is C24H35NO5. The molecule has 0 amide bonds. The van der Waals surface area contributed by atoms with Gasteiger partial charge in [0.2, 0.25) is 0 Å². The number of carboxylic acid groups (broad SMARTS) is 2. The van der Waals surface area contributed by atoms with Gasteiger partial charge in [-0.1, -0.05) is 51.1 Å². The highest BCUT2D eigenvalue weighted by Gasteiger charge is 2.69. The van der Waals surface area contributed by atoms with Crippen LogP contribution in [0, 0.1) is 16.7 Å². The monoisotopic (exact) mass is 417 g/mol. The van der Waals surface area contributed by atoms with E-state index in [0.717, 1.165) is 19.1 Å². The number of aliphatic carboxylic acids is 2. The Morgan fingerprint density at radius 1 is 1.10 bits per heavy atom. The molecule has 2 fully saturated rings. The molecule has 6 nitrogen and oxygen atoms in total. The Labute approximate surface area is 179 Å². The van der Waals surface area contributed by atoms with Crippen molar-refractivity contribution in [3.8, 4) is 0 Å². The van der Waals surface area contributed by atoms with Crippen molar-refractivity contribution in [1.29, 1.82) is 0 Å². The van der Waals surface area contributed by atoms with E-state index in [4.69, 9.17) is 14.9 Å². The smallest absolute Gasteiger partial charge is 0.328 e. The number of rotatable bonds is 7. The third-order valence-electron chi connectivity index (χ3n) is 7.36. The summed E-state index contributed by atoms with van der Waals surface area (Å²) in [5, 5.41) is 15.6. The predicted molar refractivity (Wildman–Crippen MR) is 116 cm³/mol. The van der Waals surface area contributed by atoms with Crippen molar-refractivity contribution in [3.05, 3.63) is 48.0 Å². The van der Waals surface area contributed by atoms with Gasteiger partial charge in [-0.15, -0.1) is 0 Å². The number of carboxylic acids is 2. The van der Waals surface area contributed by atoms with Crippen LogP contribution < -0.4 is 0 Å². The van der Waals surface area contributed by atoms with E-state index in [9.17, 15) is 9.59 Å². The molecule has 0 saturated heterocycles. The molecule has 3 rings (SSSR count). The maximum Gasteiger partial charge on any atom is 0.328 e. The van der Waals surface area contributed by atoms with Crippen LogP contribution in [-0.4, -0.2) is 54.3 Å². The highest BCUT2D eigenvalue weighted by molar-refractivity contribution is 5.89. The SMILES string of the molecule is CN(C)CCO[C@]1(c2ccccc2)C[C@@H]2CC[C@@]1(C)C2(C)C.O=C(O)/C=C/C(=O)O. The summed E-state index contributed by atoms with van der Waals surface area (Å²) in [6.45, 7) is 9.19. The molecule has 2 saturated carbocycles. The number of fused-ring (bicyclic) bond motifs is 2. The fraction of sp³-hybridized carbons (Fsp3) is 0.583. The lowest BCUT2D eigenvalue weighted by atomic mass is 9.62. The van der Waals surface area contributed by atoms with E-state index in [-0.39, 0.29) is 11.0 Å². The maximum atomic E-state index is 9.55. The average Bonchev–Trinajstić information content (AvgIpc) is 3.00. The lowest BCUT2D eigenvalue weighted by Gasteiger charge is -2.49. The second-order valence-corrected chi connectivity index (χ2v) is 9.35. The minimum Gasteiger partial charge on any atom is -0.478 e. The van der Waals surface area contributed by atoms with Crippen LogP contribution >= 0.6 is 0 Å². The summed E-state index contributed by atoms with van der Waals surface area (Å²) >= 11 is 0. The molecule has 30 heavy (non-hydrogen) atoms. The molecule has 2 bridgehead atoms. The molecule has 0 aromatic heterocycles. The third kappa shape index (κ3) is 4.60. The van der Waals surface area contributed by atoms with Crippen molar-refractivity contribution in [2.45, 2.75) is 45.6 Å². The largest absolute Gasteiger partial charge is 0.478 e. The van der Waals surface area contributed by atoms with Gasteiger partial charge < -0.3 is 19.8 Å². The number of likely N-dealkylation sites (N-methyl/N-ethyl adjacent to an activating group) is 1. The number of hydrogen-bond donors (Lipinski definition) is 2. The quantitative estimate of drug-likeness (QED) is 0.652. The van der Waals surface area contributed by atoms with Crippen LogP contribution in [0.1, 0.15) is 45.6 Å². The highest BCUT2D eigenvalue weighted by Crippen LogP contribution is 2.73. The van der Waals surface area contributed by atoms with Gasteiger partial charge in [-0.2, -0.15) is 0 Å². The second kappa shape index (κ2) is 9.31. The zero-order valence-corrected chi connectivity index (χ0v) is 18.7. The van der Waals surface area contributed by atoms with E-state index in [1.807, 2.05) is 0 Å². The van der Waals surface area contributed by atoms with Crippen LogP contribution in [0.3, 0.4) is 0 Å². The lowest BCUT2D eigenvalue weighted by molar-refractivity contribution is -0.148. The second-order valence-electron chi connectivity index (χ2n) is 9.35. The van der Waals surface area contributed by atoms with Gasteiger partial charge in [-0.3, -0.25) is 0 Å². The zero-order chi connectivity index (χ0) is 22.6. The van der Waals surface area contributed by atoms with E-state index in [2.05, 4.69) is 70.1 Å². The Balaban J connectivity index is 0.000000343. The van der Waals surface area contributed by atoms with Crippen LogP contribution in [0.5, 0.6) is 0 Å². The molecule has 0 heterocycles. The maximum absolute atomic E-state index is 9.55. The molecule has 2 N–H and O–H groups in total. The predicted octanol–water partition coefficient (Wildman–Crippen LogP) is 4.02. The minimum atomic E-state index is -1.26. The molecular weight excluding hydrogens is 382 g/mol. The highest BCUT2D eigenvalue weighted by atomic mass is 16.5. The van der Waals surface area contributed by atoms with Gasteiger partial charge in [0.1, 0.15) is 0 Å². The summed E-state index contributed by atoms with van der Waals surface area (Å²) in [6, 6.07) is 11.0. The molecule has 166 valence electrons. The number of nitrogens with zero attached hydrogens (tertiary/aromatic N) is 1. The van der Waals surface area contributed by atoms with Gasteiger partial charge in [0.15, 0.2) is 0 Å². The molecule has 0 unspecified atom stereocenters. The Morgan fingerprint density at radius 2 is 1.67 bits per heavy atom. The summed E-state index contributed by atoms with van der Waals surface area (Å²) < 4.78 is 6.72. The van der Waals surface area contributed by atoms with Crippen molar-refractivity contribution in [2.24, 2.45) is 16.7 Å². The number of hydrogen-bond acceptors (Lipinski definition) is 4. The molecule has 3 atom stereocenters. The van der Waals surface area contributed by atoms with E-state index < -0.39 is 11.9 Å². The van der Waals surface area contributed by atoms with Crippen molar-refractivity contribution in [1.82, 2.24) is 4.90 Å². The number of carbonyl (C=O) groups is 2. The van der Waals surface area contributed by atoms with E-state index >= 15 is 0 Å². The third-order valence-corrected chi connectivity index (χ3v) is 7.36. The first-order valence-electron chi connectivity index (χ1n) is 10.4. The Bertz CT molecular complexity index is 757. The first-order chi connectivity index (χ1) is 14.0. The fourth-order valence-electron chi connectivity index (χ4n) is 5.24. The lowest BCUT2D eigenvalue weighted by Crippen LogP contribution is -2.47. The van der Waals surface area contributed by atoms with Gasteiger partial charge in [-0.05, 0) is 50.3 Å². The Morgan fingerprint density at radius 3 is 2.07 bits per heavy atom. The van der Waals surface area contributed by atoms with E-state index in [1.54, 1.807) is 0 Å². The van der Waals surface area contributed by atoms with E-state index in [0.29, 0.717) is 17.6 Å². The fourth-order valence-corrected chi connectivity index (χ4v) is 5.24. The minimum absolute atomic E-state index is 0.114. The summed E-state index contributed by atoms with van der Waals surface area (Å²) in [5.41, 5.74) is 1.84. The van der Waals surface area contributed by atoms with Crippen molar-refractivity contribution in [2.75, 3.05) is 27.2 Å². The van der Waals surface area contributed by atoms with Crippen LogP contribution in [-0.2, 0) is 19.9 Å². The van der Waals surface area contributed by atoms with Crippen molar-refractivity contribution >= 4 is 11.9 Å². The molecule has 1 aromatic carbocycles. The van der Waals surface area contributed by atoms with E-state index in [1.165, 1.54) is 24.8 Å². The van der Waals surface area contributed by atoms with Gasteiger partial charge in [0, 0.05) is 24.1 Å². The molecule has 0 aliphatic heterocycles. The normalized spacial score (nSPS) is 29.1. The molecule has 1 aromatic rings. The van der Waals surface area contributed by atoms with Crippen LogP contribution in [0.25, 0.3) is 0 Å². The summed E-state index contributed by atoms with van der Waals surface area (Å²) in [6.07, 6.45) is 4.93. The molecule has 0 spiro atoms. The van der Waals surface area contributed by atoms with Crippen molar-refractivity contribution < 1.29 is 24.5 Å². The first kappa shape index (κ1) is 24.1. The summed E-state index contributed by atoms with van der Waals surface area (Å²) in [7, 11) is 4.23. The summed E-state index contributed by atoms with van der Waals surface area (Å²) in [5.74, 6) is -1.74.